The Hall–Kier alpha value is -0.480. The lowest BCUT2D eigenvalue weighted by atomic mass is 9.99. The lowest BCUT2D eigenvalue weighted by Gasteiger charge is -2.19. The molecule has 3 nitrogen and oxygen atoms in total. The molecule has 0 N–H and O–H groups in total. The van der Waals surface area contributed by atoms with Gasteiger partial charge in [0.25, 0.3) is 0 Å². The van der Waals surface area contributed by atoms with E-state index in [0.29, 0.717) is 27.9 Å². The molecule has 2 heterocycles. The molecule has 1 fully saturated rings. The Morgan fingerprint density at radius 1 is 1.33 bits per heavy atom. The van der Waals surface area contributed by atoms with Gasteiger partial charge < -0.3 is 9.30 Å². The van der Waals surface area contributed by atoms with Crippen molar-refractivity contribution >= 4 is 45.8 Å². The Morgan fingerprint density at radius 3 is 2.81 bits per heavy atom. The fourth-order valence-electron chi connectivity index (χ4n) is 3.06. The van der Waals surface area contributed by atoms with Gasteiger partial charge in [0.15, 0.2) is 0 Å². The maximum Gasteiger partial charge on any atom is 0.124 e. The molecule has 0 radical (unpaired) electrons. The van der Waals surface area contributed by atoms with E-state index in [2.05, 4.69) is 16.5 Å². The van der Waals surface area contributed by atoms with Gasteiger partial charge in [-0.05, 0) is 25.0 Å². The molecular formula is C15H17Cl3N2O. The van der Waals surface area contributed by atoms with Crippen LogP contribution in [-0.4, -0.2) is 22.3 Å². The van der Waals surface area contributed by atoms with E-state index in [1.54, 1.807) is 6.07 Å². The molecule has 1 aromatic heterocycles. The van der Waals surface area contributed by atoms with Crippen LogP contribution in [0.25, 0.3) is 11.0 Å². The molecule has 114 valence electrons. The summed E-state index contributed by atoms with van der Waals surface area (Å²) in [5.74, 6) is 1.71. The molecule has 6 heteroatoms. The van der Waals surface area contributed by atoms with Crippen molar-refractivity contribution in [2.45, 2.75) is 38.3 Å². The lowest BCUT2D eigenvalue weighted by Crippen LogP contribution is -2.21. The minimum Gasteiger partial charge on any atom is -0.378 e. The molecule has 1 saturated heterocycles. The number of nitrogens with zero attached hydrogens (tertiary/aromatic N) is 2. The fraction of sp³-hybridized carbons (Fsp3) is 0.533. The number of fused-ring (bicyclic) bond motifs is 1. The number of hydrogen-bond donors (Lipinski definition) is 0. The van der Waals surface area contributed by atoms with Crippen molar-refractivity contribution in [3.05, 3.63) is 28.0 Å². The van der Waals surface area contributed by atoms with Crippen LogP contribution in [0, 0.1) is 5.92 Å². The van der Waals surface area contributed by atoms with Gasteiger partial charge in [0, 0.05) is 19.1 Å². The van der Waals surface area contributed by atoms with Crippen molar-refractivity contribution in [2.75, 3.05) is 6.61 Å². The SMILES string of the molecule is CCC1OCCC1Cn1c(CCl)nc2cc(Cl)c(Cl)cc21. The number of hydrogen-bond acceptors (Lipinski definition) is 2. The minimum atomic E-state index is 0.313. The van der Waals surface area contributed by atoms with Crippen molar-refractivity contribution in [3.8, 4) is 0 Å². The summed E-state index contributed by atoms with van der Waals surface area (Å²) in [6.07, 6.45) is 2.41. The number of ether oxygens (including phenoxy) is 1. The first-order valence-electron chi connectivity index (χ1n) is 7.15. The Kier molecular flexibility index (Phi) is 4.65. The monoisotopic (exact) mass is 346 g/mol. The van der Waals surface area contributed by atoms with E-state index in [1.165, 1.54) is 0 Å². The van der Waals surface area contributed by atoms with E-state index in [9.17, 15) is 0 Å². The van der Waals surface area contributed by atoms with Crippen LogP contribution >= 0.6 is 34.8 Å². The predicted molar refractivity (Wildman–Crippen MR) is 87.4 cm³/mol. The topological polar surface area (TPSA) is 27.1 Å². The van der Waals surface area contributed by atoms with Crippen LogP contribution in [0.3, 0.4) is 0 Å². The standard InChI is InChI=1S/C15H17Cl3N2O/c1-2-14-9(3-4-21-14)8-20-13-6-11(18)10(17)5-12(13)19-15(20)7-16/h5-6,9,14H,2-4,7-8H2,1H3. The summed E-state index contributed by atoms with van der Waals surface area (Å²) < 4.78 is 7.94. The number of alkyl halides is 1. The largest absolute Gasteiger partial charge is 0.378 e. The Bertz CT molecular complexity index is 656. The lowest BCUT2D eigenvalue weighted by molar-refractivity contribution is 0.0836. The molecule has 0 spiro atoms. The van der Waals surface area contributed by atoms with Gasteiger partial charge in [-0.2, -0.15) is 0 Å². The first-order chi connectivity index (χ1) is 10.1. The Balaban J connectivity index is 2.01. The number of rotatable bonds is 4. The second kappa shape index (κ2) is 6.33. The molecule has 0 saturated carbocycles. The predicted octanol–water partition coefficient (Wildman–Crippen LogP) is 4.90. The molecule has 1 aliphatic heterocycles. The first-order valence-corrected chi connectivity index (χ1v) is 8.44. The second-order valence-electron chi connectivity index (χ2n) is 5.39. The van der Waals surface area contributed by atoms with Crippen molar-refractivity contribution in [1.29, 1.82) is 0 Å². The van der Waals surface area contributed by atoms with Gasteiger partial charge in [0.1, 0.15) is 5.82 Å². The molecule has 0 bridgehead atoms. The van der Waals surface area contributed by atoms with Gasteiger partial charge in [0.05, 0.1) is 33.1 Å². The Labute approximate surface area is 139 Å². The third kappa shape index (κ3) is 2.89. The molecular weight excluding hydrogens is 331 g/mol. The van der Waals surface area contributed by atoms with E-state index < -0.39 is 0 Å². The molecule has 0 amide bonds. The summed E-state index contributed by atoms with van der Waals surface area (Å²) in [4.78, 5) is 4.57. The highest BCUT2D eigenvalue weighted by atomic mass is 35.5. The van der Waals surface area contributed by atoms with Gasteiger partial charge >= 0.3 is 0 Å². The molecule has 3 rings (SSSR count). The summed E-state index contributed by atoms with van der Waals surface area (Å²) in [6.45, 7) is 3.85. The average molecular weight is 348 g/mol. The quantitative estimate of drug-likeness (QED) is 0.736. The van der Waals surface area contributed by atoms with Crippen LogP contribution in [0.15, 0.2) is 12.1 Å². The highest BCUT2D eigenvalue weighted by molar-refractivity contribution is 6.42. The highest BCUT2D eigenvalue weighted by Crippen LogP contribution is 2.31. The van der Waals surface area contributed by atoms with Crippen LogP contribution < -0.4 is 0 Å². The molecule has 1 aromatic carbocycles. The molecule has 2 aromatic rings. The minimum absolute atomic E-state index is 0.313. The van der Waals surface area contributed by atoms with Crippen LogP contribution in [-0.2, 0) is 17.2 Å². The summed E-state index contributed by atoms with van der Waals surface area (Å²) >= 11 is 18.3. The van der Waals surface area contributed by atoms with Crippen LogP contribution in [0.5, 0.6) is 0 Å². The van der Waals surface area contributed by atoms with E-state index >= 15 is 0 Å². The maximum atomic E-state index is 6.15. The normalized spacial score (nSPS) is 22.3. The third-order valence-corrected chi connectivity index (χ3v) is 5.12. The van der Waals surface area contributed by atoms with Crippen LogP contribution in [0.4, 0.5) is 0 Å². The van der Waals surface area contributed by atoms with Crippen molar-refractivity contribution in [2.24, 2.45) is 5.92 Å². The number of halogens is 3. The molecule has 1 aliphatic rings. The van der Waals surface area contributed by atoms with Crippen molar-refractivity contribution in [1.82, 2.24) is 9.55 Å². The second-order valence-corrected chi connectivity index (χ2v) is 6.48. The molecule has 21 heavy (non-hydrogen) atoms. The molecule has 0 aliphatic carbocycles. The highest BCUT2D eigenvalue weighted by Gasteiger charge is 2.28. The summed E-state index contributed by atoms with van der Waals surface area (Å²) in [6, 6.07) is 3.67. The summed E-state index contributed by atoms with van der Waals surface area (Å²) in [5, 5.41) is 1.06. The zero-order valence-corrected chi connectivity index (χ0v) is 14.0. The Morgan fingerprint density at radius 2 is 2.10 bits per heavy atom. The van der Waals surface area contributed by atoms with Gasteiger partial charge in [-0.1, -0.05) is 30.1 Å². The number of benzene rings is 1. The van der Waals surface area contributed by atoms with E-state index in [0.717, 1.165) is 42.9 Å². The first kappa shape index (κ1) is 15.4. The molecule has 2 unspecified atom stereocenters. The number of imidazole rings is 1. The van der Waals surface area contributed by atoms with E-state index in [1.807, 2.05) is 6.07 Å². The van der Waals surface area contributed by atoms with Crippen molar-refractivity contribution < 1.29 is 4.74 Å². The average Bonchev–Trinajstić information content (AvgIpc) is 3.05. The van der Waals surface area contributed by atoms with Gasteiger partial charge in [-0.25, -0.2) is 4.98 Å². The zero-order chi connectivity index (χ0) is 15.0. The van der Waals surface area contributed by atoms with Crippen molar-refractivity contribution in [3.63, 3.8) is 0 Å². The third-order valence-electron chi connectivity index (χ3n) is 4.15. The van der Waals surface area contributed by atoms with Gasteiger partial charge in [-0.15, -0.1) is 11.6 Å². The summed E-state index contributed by atoms with van der Waals surface area (Å²) in [5.41, 5.74) is 1.83. The number of aromatic nitrogens is 2. The summed E-state index contributed by atoms with van der Waals surface area (Å²) in [7, 11) is 0. The molecule has 2 atom stereocenters. The van der Waals surface area contributed by atoms with Gasteiger partial charge in [0.2, 0.25) is 0 Å². The fourth-order valence-corrected chi connectivity index (χ4v) is 3.58. The van der Waals surface area contributed by atoms with E-state index in [4.69, 9.17) is 39.5 Å². The van der Waals surface area contributed by atoms with Crippen LogP contribution in [0.2, 0.25) is 10.0 Å². The van der Waals surface area contributed by atoms with Gasteiger partial charge in [-0.3, -0.25) is 0 Å². The maximum absolute atomic E-state index is 6.15. The van der Waals surface area contributed by atoms with E-state index in [-0.39, 0.29) is 0 Å². The zero-order valence-electron chi connectivity index (χ0n) is 11.8. The van der Waals surface area contributed by atoms with Crippen LogP contribution in [0.1, 0.15) is 25.6 Å². The smallest absolute Gasteiger partial charge is 0.124 e.